The summed E-state index contributed by atoms with van der Waals surface area (Å²) in [5.41, 5.74) is 4.69. The van der Waals surface area contributed by atoms with E-state index in [9.17, 15) is 9.59 Å². The number of carbonyl (C=O) groups excluding carboxylic acids is 2. The molecule has 1 N–H and O–H groups in total. The molecular weight excluding hydrogens is 342 g/mol. The van der Waals surface area contributed by atoms with Gasteiger partial charge < -0.3 is 5.32 Å². The number of anilines is 1. The highest BCUT2D eigenvalue weighted by Gasteiger charge is 2.15. The fraction of sp³-hybridized carbons (Fsp3) is 0.250. The predicted molar refractivity (Wildman–Crippen MR) is 101 cm³/mol. The van der Waals surface area contributed by atoms with Crippen molar-refractivity contribution in [3.8, 4) is 6.07 Å². The van der Waals surface area contributed by atoms with E-state index in [1.807, 2.05) is 13.8 Å². The number of nitrogens with one attached hydrogen (secondary N) is 1. The fourth-order valence-corrected chi connectivity index (χ4v) is 3.03. The molecular formula is C20H19N5O2. The first-order chi connectivity index (χ1) is 12.9. The summed E-state index contributed by atoms with van der Waals surface area (Å²) >= 11 is 0. The number of fused-ring (bicyclic) bond motifs is 1. The smallest absolute Gasteiger partial charge is 0.224 e. The molecule has 0 radical (unpaired) electrons. The van der Waals surface area contributed by atoms with Crippen LogP contribution in [0.15, 0.2) is 30.5 Å². The molecule has 0 bridgehead atoms. The van der Waals surface area contributed by atoms with Crippen molar-refractivity contribution in [1.29, 1.82) is 5.26 Å². The Morgan fingerprint density at radius 2 is 2.07 bits per heavy atom. The zero-order chi connectivity index (χ0) is 19.6. The Morgan fingerprint density at radius 1 is 1.30 bits per heavy atom. The van der Waals surface area contributed by atoms with Crippen LogP contribution in [-0.2, 0) is 11.2 Å². The van der Waals surface area contributed by atoms with E-state index in [0.29, 0.717) is 28.9 Å². The van der Waals surface area contributed by atoms with Crippen molar-refractivity contribution < 1.29 is 9.59 Å². The number of carbonyl (C=O) groups is 2. The lowest BCUT2D eigenvalue weighted by Crippen LogP contribution is -2.14. The lowest BCUT2D eigenvalue weighted by molar-refractivity contribution is -0.116. The van der Waals surface area contributed by atoms with Crippen molar-refractivity contribution in [3.05, 3.63) is 58.5 Å². The maximum atomic E-state index is 12.3. The summed E-state index contributed by atoms with van der Waals surface area (Å²) in [4.78, 5) is 28.2. The molecule has 3 aromatic rings. The van der Waals surface area contributed by atoms with Gasteiger partial charge >= 0.3 is 0 Å². The Bertz CT molecular complexity index is 1090. The van der Waals surface area contributed by atoms with Crippen molar-refractivity contribution in [2.24, 2.45) is 0 Å². The van der Waals surface area contributed by atoms with Crippen molar-refractivity contribution in [1.82, 2.24) is 14.6 Å². The summed E-state index contributed by atoms with van der Waals surface area (Å²) in [7, 11) is 0. The quantitative estimate of drug-likeness (QED) is 0.704. The van der Waals surface area contributed by atoms with E-state index < -0.39 is 0 Å². The first kappa shape index (κ1) is 18.3. The van der Waals surface area contributed by atoms with Crippen LogP contribution < -0.4 is 5.32 Å². The van der Waals surface area contributed by atoms with E-state index in [-0.39, 0.29) is 18.1 Å². The molecule has 136 valence electrons. The topological polar surface area (TPSA) is 100 Å². The van der Waals surface area contributed by atoms with Crippen LogP contribution in [0.3, 0.4) is 0 Å². The van der Waals surface area contributed by atoms with E-state index in [4.69, 9.17) is 5.26 Å². The van der Waals surface area contributed by atoms with Crippen LogP contribution in [0, 0.1) is 25.2 Å². The highest BCUT2D eigenvalue weighted by Crippen LogP contribution is 2.19. The van der Waals surface area contributed by atoms with Gasteiger partial charge in [0.2, 0.25) is 5.91 Å². The first-order valence-corrected chi connectivity index (χ1v) is 8.55. The summed E-state index contributed by atoms with van der Waals surface area (Å²) in [6.07, 6.45) is 2.26. The summed E-state index contributed by atoms with van der Waals surface area (Å²) < 4.78 is 1.63. The molecule has 27 heavy (non-hydrogen) atoms. The average molecular weight is 361 g/mol. The third kappa shape index (κ3) is 3.70. The first-order valence-electron chi connectivity index (χ1n) is 8.55. The van der Waals surface area contributed by atoms with Gasteiger partial charge in [0.1, 0.15) is 11.6 Å². The van der Waals surface area contributed by atoms with Crippen molar-refractivity contribution in [3.63, 3.8) is 0 Å². The summed E-state index contributed by atoms with van der Waals surface area (Å²) in [6, 6.07) is 8.95. The summed E-state index contributed by atoms with van der Waals surface area (Å²) in [5.74, 6) is -0.194. The number of nitrogens with zero attached hydrogens (tertiary/aromatic N) is 4. The maximum Gasteiger partial charge on any atom is 0.224 e. The van der Waals surface area contributed by atoms with E-state index in [1.165, 1.54) is 13.1 Å². The molecule has 0 aliphatic rings. The molecule has 2 heterocycles. The van der Waals surface area contributed by atoms with Gasteiger partial charge in [0.05, 0.1) is 6.20 Å². The number of Topliss-reactive ketones (excluding diaryl/α,β-unsaturated/α-hetero) is 1. The molecule has 0 saturated carbocycles. The third-order valence-electron chi connectivity index (χ3n) is 4.48. The number of hydrogen-bond acceptors (Lipinski definition) is 5. The molecule has 2 aromatic heterocycles. The number of nitriles is 1. The molecule has 0 aliphatic carbocycles. The standard InChI is InChI=1S/C20H19N5O2/c1-12-18(13(2)25-20(23-12)16(10-21)11-22-25)7-8-19(27)24-17-6-4-5-15(9-17)14(3)26/h4-6,9,11H,7-8H2,1-3H3,(H,24,27). The van der Waals surface area contributed by atoms with E-state index >= 15 is 0 Å². The molecule has 0 fully saturated rings. The van der Waals surface area contributed by atoms with E-state index in [2.05, 4.69) is 21.5 Å². The minimum atomic E-state index is -0.146. The SMILES string of the molecule is CC(=O)c1cccc(NC(=O)CCc2c(C)nc3c(C#N)cnn3c2C)c1. The van der Waals surface area contributed by atoms with Gasteiger partial charge in [0, 0.05) is 29.1 Å². The van der Waals surface area contributed by atoms with Gasteiger partial charge in [-0.2, -0.15) is 10.4 Å². The Kier molecular flexibility index (Phi) is 4.99. The zero-order valence-electron chi connectivity index (χ0n) is 15.4. The van der Waals surface area contributed by atoms with Crippen LogP contribution in [0.1, 0.15) is 46.2 Å². The molecule has 0 aliphatic heterocycles. The van der Waals surface area contributed by atoms with Crippen LogP contribution in [0.25, 0.3) is 5.65 Å². The van der Waals surface area contributed by atoms with Crippen molar-refractivity contribution >= 4 is 23.0 Å². The molecule has 0 unspecified atom stereocenters. The number of aryl methyl sites for hydroxylation is 2. The van der Waals surface area contributed by atoms with Gasteiger partial charge in [0.15, 0.2) is 11.4 Å². The van der Waals surface area contributed by atoms with Gasteiger partial charge in [-0.05, 0) is 44.9 Å². The van der Waals surface area contributed by atoms with Crippen LogP contribution in [0.5, 0.6) is 0 Å². The van der Waals surface area contributed by atoms with Crippen LogP contribution in [-0.4, -0.2) is 26.3 Å². The molecule has 0 saturated heterocycles. The fourth-order valence-electron chi connectivity index (χ4n) is 3.03. The maximum absolute atomic E-state index is 12.3. The number of rotatable bonds is 5. The highest BCUT2D eigenvalue weighted by molar-refractivity contribution is 5.97. The Labute approximate surface area is 156 Å². The number of benzene rings is 1. The van der Waals surface area contributed by atoms with Crippen molar-refractivity contribution in [2.75, 3.05) is 5.32 Å². The number of ketones is 1. The van der Waals surface area contributed by atoms with Gasteiger partial charge in [-0.15, -0.1) is 0 Å². The van der Waals surface area contributed by atoms with Crippen molar-refractivity contribution in [2.45, 2.75) is 33.6 Å². The average Bonchev–Trinajstić information content (AvgIpc) is 3.04. The minimum Gasteiger partial charge on any atom is -0.326 e. The normalized spacial score (nSPS) is 10.6. The Balaban J connectivity index is 1.75. The predicted octanol–water partition coefficient (Wildman–Crippen LogP) is 2.99. The minimum absolute atomic E-state index is 0.0484. The summed E-state index contributed by atoms with van der Waals surface area (Å²) in [5, 5.41) is 16.2. The second-order valence-electron chi connectivity index (χ2n) is 6.35. The monoisotopic (exact) mass is 361 g/mol. The number of amides is 1. The third-order valence-corrected chi connectivity index (χ3v) is 4.48. The number of hydrogen-bond donors (Lipinski definition) is 1. The van der Waals surface area contributed by atoms with Crippen LogP contribution in [0.4, 0.5) is 5.69 Å². The Morgan fingerprint density at radius 3 is 2.78 bits per heavy atom. The van der Waals surface area contributed by atoms with Crippen LogP contribution >= 0.6 is 0 Å². The largest absolute Gasteiger partial charge is 0.326 e. The van der Waals surface area contributed by atoms with Gasteiger partial charge in [-0.25, -0.2) is 9.50 Å². The molecule has 0 atom stereocenters. The van der Waals surface area contributed by atoms with E-state index in [0.717, 1.165) is 17.0 Å². The second kappa shape index (κ2) is 7.38. The second-order valence-corrected chi connectivity index (χ2v) is 6.35. The van der Waals surface area contributed by atoms with E-state index in [1.54, 1.807) is 28.8 Å². The molecule has 3 rings (SSSR count). The molecule has 1 amide bonds. The molecule has 0 spiro atoms. The molecule has 7 nitrogen and oxygen atoms in total. The molecule has 7 heteroatoms. The zero-order valence-corrected chi connectivity index (χ0v) is 15.4. The lowest BCUT2D eigenvalue weighted by atomic mass is 10.1. The highest BCUT2D eigenvalue weighted by atomic mass is 16.1. The van der Waals surface area contributed by atoms with Gasteiger partial charge in [-0.1, -0.05) is 12.1 Å². The lowest BCUT2D eigenvalue weighted by Gasteiger charge is -2.11. The van der Waals surface area contributed by atoms with Gasteiger partial charge in [-0.3, -0.25) is 9.59 Å². The van der Waals surface area contributed by atoms with Gasteiger partial charge in [0.25, 0.3) is 0 Å². The molecule has 1 aromatic carbocycles. The number of aromatic nitrogens is 3. The van der Waals surface area contributed by atoms with Crippen LogP contribution in [0.2, 0.25) is 0 Å². The Hall–Kier alpha value is -3.53. The summed E-state index contributed by atoms with van der Waals surface area (Å²) in [6.45, 7) is 5.26.